The highest BCUT2D eigenvalue weighted by atomic mass is 79.9. The molecule has 1 rings (SSSR count). The third-order valence-electron chi connectivity index (χ3n) is 1.92. The average Bonchev–Trinajstić information content (AvgIpc) is 2.09. The highest BCUT2D eigenvalue weighted by molar-refractivity contribution is 9.10. The Labute approximate surface area is 96.2 Å². The second kappa shape index (κ2) is 4.75. The number of phenols is 1. The number of hydrogen-bond acceptors (Lipinski definition) is 2. The number of halogens is 2. The molecule has 1 aromatic carbocycles. The van der Waals surface area contributed by atoms with Gasteiger partial charge in [-0.25, -0.2) is 4.39 Å². The molecule has 0 aliphatic carbocycles. The van der Waals surface area contributed by atoms with Gasteiger partial charge in [0, 0.05) is 10.9 Å². The molecule has 0 radical (unpaired) electrons. The summed E-state index contributed by atoms with van der Waals surface area (Å²) in [5, 5.41) is 9.39. The second-order valence-corrected chi connectivity index (χ2v) is 4.72. The number of rotatable bonds is 3. The zero-order chi connectivity index (χ0) is 11.6. The van der Waals surface area contributed by atoms with Crippen molar-refractivity contribution in [2.24, 2.45) is 5.92 Å². The van der Waals surface area contributed by atoms with E-state index >= 15 is 0 Å². The second-order valence-electron chi connectivity index (χ2n) is 3.80. The van der Waals surface area contributed by atoms with E-state index in [1.54, 1.807) is 0 Å². The van der Waals surface area contributed by atoms with E-state index in [4.69, 9.17) is 0 Å². The smallest absolute Gasteiger partial charge is 0.166 e. The molecule has 0 atom stereocenters. The summed E-state index contributed by atoms with van der Waals surface area (Å²) in [6.07, 6.45) is 0.295. The van der Waals surface area contributed by atoms with Gasteiger partial charge in [0.25, 0.3) is 0 Å². The standard InChI is InChI=1S/C11H12BrFO2/c1-6(2)3-10(14)8-4-7(12)5-9(13)11(8)15/h4-6,15H,3H2,1-2H3. The molecule has 0 spiro atoms. The molecule has 0 unspecified atom stereocenters. The summed E-state index contributed by atoms with van der Waals surface area (Å²) in [6.45, 7) is 3.78. The first-order chi connectivity index (χ1) is 6.91. The Morgan fingerprint density at radius 3 is 2.67 bits per heavy atom. The van der Waals surface area contributed by atoms with Crippen molar-refractivity contribution in [2.75, 3.05) is 0 Å². The predicted octanol–water partition coefficient (Wildman–Crippen LogP) is 3.52. The third-order valence-corrected chi connectivity index (χ3v) is 2.38. The van der Waals surface area contributed by atoms with Crippen LogP contribution in [0.5, 0.6) is 5.75 Å². The lowest BCUT2D eigenvalue weighted by molar-refractivity contribution is 0.0964. The lowest BCUT2D eigenvalue weighted by Crippen LogP contribution is -2.04. The average molecular weight is 275 g/mol. The molecule has 82 valence electrons. The van der Waals surface area contributed by atoms with Crippen molar-refractivity contribution in [3.63, 3.8) is 0 Å². The van der Waals surface area contributed by atoms with Gasteiger partial charge in [-0.3, -0.25) is 4.79 Å². The van der Waals surface area contributed by atoms with Crippen LogP contribution in [-0.2, 0) is 0 Å². The Morgan fingerprint density at radius 1 is 1.53 bits per heavy atom. The van der Waals surface area contributed by atoms with Gasteiger partial charge in [-0.1, -0.05) is 29.8 Å². The van der Waals surface area contributed by atoms with Crippen molar-refractivity contribution >= 4 is 21.7 Å². The van der Waals surface area contributed by atoms with E-state index < -0.39 is 11.6 Å². The van der Waals surface area contributed by atoms with Crippen molar-refractivity contribution in [2.45, 2.75) is 20.3 Å². The quantitative estimate of drug-likeness (QED) is 0.857. The Morgan fingerprint density at radius 2 is 2.13 bits per heavy atom. The van der Waals surface area contributed by atoms with Crippen LogP contribution in [0.3, 0.4) is 0 Å². The van der Waals surface area contributed by atoms with Crippen LogP contribution >= 0.6 is 15.9 Å². The lowest BCUT2D eigenvalue weighted by atomic mass is 10.0. The number of aromatic hydroxyl groups is 1. The molecule has 0 aromatic heterocycles. The molecule has 0 aliphatic heterocycles. The summed E-state index contributed by atoms with van der Waals surface area (Å²) >= 11 is 3.08. The van der Waals surface area contributed by atoms with E-state index in [0.29, 0.717) is 10.9 Å². The van der Waals surface area contributed by atoms with Crippen LogP contribution in [0.1, 0.15) is 30.6 Å². The van der Waals surface area contributed by atoms with Gasteiger partial charge in [-0.15, -0.1) is 0 Å². The fraction of sp³-hybridized carbons (Fsp3) is 0.364. The summed E-state index contributed by atoms with van der Waals surface area (Å²) < 4.78 is 13.6. The van der Waals surface area contributed by atoms with Crippen LogP contribution in [0.25, 0.3) is 0 Å². The van der Waals surface area contributed by atoms with Crippen molar-refractivity contribution in [1.82, 2.24) is 0 Å². The maximum atomic E-state index is 13.1. The summed E-state index contributed by atoms with van der Waals surface area (Å²) in [4.78, 5) is 11.6. The van der Waals surface area contributed by atoms with Crippen molar-refractivity contribution in [3.05, 3.63) is 28.0 Å². The summed E-state index contributed by atoms with van der Waals surface area (Å²) in [7, 11) is 0. The molecule has 1 N–H and O–H groups in total. The molecule has 4 heteroatoms. The zero-order valence-corrected chi connectivity index (χ0v) is 10.1. The fourth-order valence-corrected chi connectivity index (χ4v) is 1.69. The fourth-order valence-electron chi connectivity index (χ4n) is 1.26. The number of Topliss-reactive ketones (excluding diaryl/α,β-unsaturated/α-hetero) is 1. The van der Waals surface area contributed by atoms with Gasteiger partial charge in [-0.05, 0) is 18.1 Å². The first-order valence-corrected chi connectivity index (χ1v) is 5.42. The molecule has 0 saturated carbocycles. The van der Waals surface area contributed by atoms with Crippen LogP contribution < -0.4 is 0 Å². The highest BCUT2D eigenvalue weighted by Crippen LogP contribution is 2.27. The third kappa shape index (κ3) is 3.02. The Bertz CT molecular complexity index is 388. The lowest BCUT2D eigenvalue weighted by Gasteiger charge is -2.07. The molecule has 15 heavy (non-hydrogen) atoms. The van der Waals surface area contributed by atoms with Crippen LogP contribution in [-0.4, -0.2) is 10.9 Å². The molecular weight excluding hydrogens is 263 g/mol. The maximum absolute atomic E-state index is 13.1. The van der Waals surface area contributed by atoms with Crippen LogP contribution in [0, 0.1) is 11.7 Å². The van der Waals surface area contributed by atoms with Crippen LogP contribution in [0.2, 0.25) is 0 Å². The minimum atomic E-state index is -0.781. The first-order valence-electron chi connectivity index (χ1n) is 4.63. The van der Waals surface area contributed by atoms with Crippen molar-refractivity contribution in [3.8, 4) is 5.75 Å². The minimum absolute atomic E-state index is 0.0376. The Kier molecular flexibility index (Phi) is 3.85. The molecule has 0 bridgehead atoms. The minimum Gasteiger partial charge on any atom is -0.504 e. The number of phenolic OH excluding ortho intramolecular Hbond substituents is 1. The number of carbonyl (C=O) groups is 1. The first kappa shape index (κ1) is 12.2. The van der Waals surface area contributed by atoms with Gasteiger partial charge in [-0.2, -0.15) is 0 Å². The van der Waals surface area contributed by atoms with Crippen LogP contribution in [0.15, 0.2) is 16.6 Å². The SMILES string of the molecule is CC(C)CC(=O)c1cc(Br)cc(F)c1O. The van der Waals surface area contributed by atoms with Crippen LogP contribution in [0.4, 0.5) is 4.39 Å². The van der Waals surface area contributed by atoms with E-state index in [-0.39, 0.29) is 17.3 Å². The zero-order valence-electron chi connectivity index (χ0n) is 8.55. The number of ketones is 1. The monoisotopic (exact) mass is 274 g/mol. The van der Waals surface area contributed by atoms with Gasteiger partial charge in [0.1, 0.15) is 0 Å². The number of carbonyl (C=O) groups excluding carboxylic acids is 1. The molecule has 0 amide bonds. The largest absolute Gasteiger partial charge is 0.504 e. The Hall–Kier alpha value is -0.900. The van der Waals surface area contributed by atoms with E-state index in [0.717, 1.165) is 6.07 Å². The van der Waals surface area contributed by atoms with Gasteiger partial charge >= 0.3 is 0 Å². The summed E-state index contributed by atoms with van der Waals surface area (Å²) in [6, 6.07) is 2.56. The molecule has 0 aliphatic rings. The molecule has 0 saturated heterocycles. The summed E-state index contributed by atoms with van der Waals surface area (Å²) in [5.41, 5.74) is 0.0376. The topological polar surface area (TPSA) is 37.3 Å². The number of benzene rings is 1. The normalized spacial score (nSPS) is 10.7. The summed E-state index contributed by atoms with van der Waals surface area (Å²) in [5.74, 6) is -1.41. The highest BCUT2D eigenvalue weighted by Gasteiger charge is 2.16. The maximum Gasteiger partial charge on any atom is 0.166 e. The molecular formula is C11H12BrFO2. The van der Waals surface area contributed by atoms with E-state index in [2.05, 4.69) is 15.9 Å². The molecule has 0 heterocycles. The van der Waals surface area contributed by atoms with E-state index in [9.17, 15) is 14.3 Å². The van der Waals surface area contributed by atoms with Gasteiger partial charge in [0.2, 0.25) is 0 Å². The van der Waals surface area contributed by atoms with Gasteiger partial charge in [0.05, 0.1) is 5.56 Å². The molecule has 2 nitrogen and oxygen atoms in total. The van der Waals surface area contributed by atoms with E-state index in [1.807, 2.05) is 13.8 Å². The molecule has 1 aromatic rings. The van der Waals surface area contributed by atoms with E-state index in [1.165, 1.54) is 6.07 Å². The molecule has 0 fully saturated rings. The van der Waals surface area contributed by atoms with Gasteiger partial charge in [0.15, 0.2) is 17.3 Å². The van der Waals surface area contributed by atoms with Crippen molar-refractivity contribution < 1.29 is 14.3 Å². The van der Waals surface area contributed by atoms with Crippen molar-refractivity contribution in [1.29, 1.82) is 0 Å². The Balaban J connectivity index is 3.08. The predicted molar refractivity (Wildman–Crippen MR) is 59.6 cm³/mol. The van der Waals surface area contributed by atoms with Gasteiger partial charge < -0.3 is 5.11 Å². The number of hydrogen-bond donors (Lipinski definition) is 1.